The molecule has 1 heterocycles. The third-order valence-electron chi connectivity index (χ3n) is 2.43. The minimum Gasteiger partial charge on any atom is -0.335 e. The fourth-order valence-electron chi connectivity index (χ4n) is 1.52. The molecule has 16 heavy (non-hydrogen) atoms. The summed E-state index contributed by atoms with van der Waals surface area (Å²) in [5.74, 6) is 0. The Morgan fingerprint density at radius 2 is 1.88 bits per heavy atom. The summed E-state index contributed by atoms with van der Waals surface area (Å²) < 4.78 is 24.9. The van der Waals surface area contributed by atoms with Crippen LogP contribution in [0.2, 0.25) is 0 Å². The molecule has 0 radical (unpaired) electrons. The third-order valence-corrected chi connectivity index (χ3v) is 4.22. The van der Waals surface area contributed by atoms with Gasteiger partial charge in [0.1, 0.15) is 0 Å². The molecule has 0 unspecified atom stereocenters. The number of nitrogens with zero attached hydrogens (tertiary/aromatic N) is 1. The zero-order valence-electron chi connectivity index (χ0n) is 8.80. The van der Waals surface area contributed by atoms with Crippen molar-refractivity contribution >= 4 is 16.1 Å². The van der Waals surface area contributed by atoms with E-state index in [4.69, 9.17) is 0 Å². The van der Waals surface area contributed by atoms with E-state index in [0.717, 1.165) is 9.87 Å². The van der Waals surface area contributed by atoms with Crippen LogP contribution in [0.25, 0.3) is 0 Å². The summed E-state index contributed by atoms with van der Waals surface area (Å²) in [5.41, 5.74) is 0.977. The Morgan fingerprint density at radius 1 is 1.25 bits per heavy atom. The summed E-state index contributed by atoms with van der Waals surface area (Å²) in [4.78, 5) is 11.4. The van der Waals surface area contributed by atoms with Crippen LogP contribution in [0, 0.1) is 6.92 Å². The number of carbonyl (C=O) groups is 1. The van der Waals surface area contributed by atoms with Crippen LogP contribution in [-0.2, 0) is 10.0 Å². The van der Waals surface area contributed by atoms with Crippen molar-refractivity contribution in [3.8, 4) is 0 Å². The van der Waals surface area contributed by atoms with Crippen LogP contribution in [0.5, 0.6) is 0 Å². The number of hydrogen-bond acceptors (Lipinski definition) is 3. The van der Waals surface area contributed by atoms with E-state index in [1.165, 1.54) is 12.1 Å². The lowest BCUT2D eigenvalue weighted by atomic mass is 10.2. The number of amides is 2. The summed E-state index contributed by atoms with van der Waals surface area (Å²) in [6.07, 6.45) is 0. The van der Waals surface area contributed by atoms with Gasteiger partial charge in [0.05, 0.1) is 11.4 Å². The van der Waals surface area contributed by atoms with E-state index in [1.54, 1.807) is 12.1 Å². The molecule has 1 aromatic carbocycles. The van der Waals surface area contributed by atoms with Gasteiger partial charge in [-0.1, -0.05) is 17.7 Å². The van der Waals surface area contributed by atoms with Gasteiger partial charge in [0.15, 0.2) is 0 Å². The van der Waals surface area contributed by atoms with Crippen LogP contribution >= 0.6 is 0 Å². The number of aryl methyl sites for hydroxylation is 1. The van der Waals surface area contributed by atoms with Gasteiger partial charge in [-0.3, -0.25) is 0 Å². The number of rotatable bonds is 2. The standard InChI is InChI=1S/C10H12N2O3S/c1-8-2-4-9(5-3-8)16(14,15)12-7-6-11-10(12)13/h2-5H,6-7H2,1H3,(H,11,13). The molecule has 86 valence electrons. The van der Waals surface area contributed by atoms with Gasteiger partial charge < -0.3 is 5.32 Å². The zero-order valence-corrected chi connectivity index (χ0v) is 9.62. The molecule has 1 fully saturated rings. The lowest BCUT2D eigenvalue weighted by Gasteiger charge is -2.14. The Kier molecular flexibility index (Phi) is 2.59. The van der Waals surface area contributed by atoms with Crippen molar-refractivity contribution in [3.63, 3.8) is 0 Å². The number of urea groups is 1. The molecule has 0 spiro atoms. The molecule has 0 aromatic heterocycles. The lowest BCUT2D eigenvalue weighted by molar-refractivity contribution is 0.236. The molecule has 1 saturated heterocycles. The second-order valence-electron chi connectivity index (χ2n) is 3.62. The van der Waals surface area contributed by atoms with E-state index in [2.05, 4.69) is 5.32 Å². The highest BCUT2D eigenvalue weighted by atomic mass is 32.2. The maximum Gasteiger partial charge on any atom is 0.331 e. The van der Waals surface area contributed by atoms with Gasteiger partial charge in [-0.25, -0.2) is 17.5 Å². The summed E-state index contributed by atoms with van der Waals surface area (Å²) >= 11 is 0. The molecule has 1 N–H and O–H groups in total. The minimum absolute atomic E-state index is 0.148. The highest BCUT2D eigenvalue weighted by Crippen LogP contribution is 2.17. The van der Waals surface area contributed by atoms with Crippen LogP contribution in [-0.4, -0.2) is 31.8 Å². The van der Waals surface area contributed by atoms with E-state index in [-0.39, 0.29) is 11.4 Å². The van der Waals surface area contributed by atoms with E-state index in [1.807, 2.05) is 6.92 Å². The van der Waals surface area contributed by atoms with Gasteiger partial charge in [-0.05, 0) is 19.1 Å². The number of benzene rings is 1. The largest absolute Gasteiger partial charge is 0.335 e. The Hall–Kier alpha value is -1.56. The molecule has 1 aliphatic heterocycles. The number of sulfonamides is 1. The Balaban J connectivity index is 2.39. The van der Waals surface area contributed by atoms with Gasteiger partial charge in [-0.2, -0.15) is 0 Å². The topological polar surface area (TPSA) is 66.5 Å². The summed E-state index contributed by atoms with van der Waals surface area (Å²) in [6, 6.07) is 5.88. The molecule has 5 nitrogen and oxygen atoms in total. The van der Waals surface area contributed by atoms with Gasteiger partial charge in [0.25, 0.3) is 10.0 Å². The highest BCUT2D eigenvalue weighted by Gasteiger charge is 2.32. The molecule has 0 atom stereocenters. The van der Waals surface area contributed by atoms with Crippen molar-refractivity contribution < 1.29 is 13.2 Å². The fourth-order valence-corrected chi connectivity index (χ4v) is 2.87. The van der Waals surface area contributed by atoms with Gasteiger partial charge in [0, 0.05) is 6.54 Å². The van der Waals surface area contributed by atoms with Crippen LogP contribution in [0.4, 0.5) is 4.79 Å². The fraction of sp³-hybridized carbons (Fsp3) is 0.300. The van der Waals surface area contributed by atoms with Crippen molar-refractivity contribution in [2.45, 2.75) is 11.8 Å². The van der Waals surface area contributed by atoms with E-state index < -0.39 is 16.1 Å². The summed E-state index contributed by atoms with van der Waals surface area (Å²) in [7, 11) is -3.68. The second-order valence-corrected chi connectivity index (χ2v) is 5.48. The first-order chi connectivity index (χ1) is 7.51. The first kappa shape index (κ1) is 10.9. The maximum absolute atomic E-state index is 12.0. The normalized spacial score (nSPS) is 16.3. The SMILES string of the molecule is Cc1ccc(S(=O)(=O)N2CCNC2=O)cc1. The van der Waals surface area contributed by atoms with E-state index in [0.29, 0.717) is 6.54 Å². The molecule has 2 amide bonds. The molecule has 1 aliphatic rings. The average Bonchev–Trinajstić information content (AvgIpc) is 2.66. The van der Waals surface area contributed by atoms with Crippen molar-refractivity contribution in [1.29, 1.82) is 0 Å². The van der Waals surface area contributed by atoms with Crippen molar-refractivity contribution in [2.24, 2.45) is 0 Å². The number of carbonyl (C=O) groups excluding carboxylic acids is 1. The molecular weight excluding hydrogens is 228 g/mol. The quantitative estimate of drug-likeness (QED) is 0.827. The van der Waals surface area contributed by atoms with E-state index in [9.17, 15) is 13.2 Å². The lowest BCUT2D eigenvalue weighted by Crippen LogP contribution is -2.34. The smallest absolute Gasteiger partial charge is 0.331 e. The van der Waals surface area contributed by atoms with Crippen LogP contribution in [0.3, 0.4) is 0 Å². The van der Waals surface area contributed by atoms with Gasteiger partial charge in [-0.15, -0.1) is 0 Å². The van der Waals surface area contributed by atoms with Crippen LogP contribution < -0.4 is 5.32 Å². The molecule has 2 rings (SSSR count). The number of nitrogens with one attached hydrogen (secondary N) is 1. The van der Waals surface area contributed by atoms with Gasteiger partial charge in [0.2, 0.25) is 0 Å². The minimum atomic E-state index is -3.68. The van der Waals surface area contributed by atoms with Crippen LogP contribution in [0.15, 0.2) is 29.2 Å². The van der Waals surface area contributed by atoms with Crippen molar-refractivity contribution in [3.05, 3.63) is 29.8 Å². The maximum atomic E-state index is 12.0. The predicted molar refractivity (Wildman–Crippen MR) is 58.5 cm³/mol. The average molecular weight is 240 g/mol. The highest BCUT2D eigenvalue weighted by molar-refractivity contribution is 7.89. The number of hydrogen-bond donors (Lipinski definition) is 1. The zero-order chi connectivity index (χ0) is 11.8. The second kappa shape index (κ2) is 3.79. The Morgan fingerprint density at radius 3 is 2.38 bits per heavy atom. The molecule has 0 aliphatic carbocycles. The van der Waals surface area contributed by atoms with Crippen LogP contribution in [0.1, 0.15) is 5.56 Å². The van der Waals surface area contributed by atoms with E-state index >= 15 is 0 Å². The van der Waals surface area contributed by atoms with Gasteiger partial charge >= 0.3 is 6.03 Å². The molecule has 1 aromatic rings. The first-order valence-electron chi connectivity index (χ1n) is 4.89. The molecular formula is C10H12N2O3S. The Bertz CT molecular complexity index is 507. The Labute approximate surface area is 94.1 Å². The monoisotopic (exact) mass is 240 g/mol. The van der Waals surface area contributed by atoms with Crippen molar-refractivity contribution in [2.75, 3.05) is 13.1 Å². The van der Waals surface area contributed by atoms with Crippen molar-refractivity contribution in [1.82, 2.24) is 9.62 Å². The molecule has 6 heteroatoms. The summed E-state index contributed by atoms with van der Waals surface area (Å²) in [5, 5.41) is 2.46. The third kappa shape index (κ3) is 1.76. The molecule has 0 bridgehead atoms. The predicted octanol–water partition coefficient (Wildman–Crippen LogP) is 0.709. The summed E-state index contributed by atoms with van der Waals surface area (Å²) in [6.45, 7) is 2.43. The molecule has 0 saturated carbocycles. The first-order valence-corrected chi connectivity index (χ1v) is 6.33.